The Labute approximate surface area is 180 Å². The smallest absolute Gasteiger partial charge is 0.261 e. The second kappa shape index (κ2) is 8.91. The average Bonchev–Trinajstić information content (AvgIpc) is 2.79. The van der Waals surface area contributed by atoms with Crippen molar-refractivity contribution in [2.45, 2.75) is 4.90 Å². The van der Waals surface area contributed by atoms with Crippen molar-refractivity contribution in [2.24, 2.45) is 0 Å². The Balaban J connectivity index is 1.72. The monoisotopic (exact) mass is 442 g/mol. The van der Waals surface area contributed by atoms with Gasteiger partial charge in [0.2, 0.25) is 0 Å². The minimum absolute atomic E-state index is 0.0724. The number of nitrogens with one attached hydrogen (secondary N) is 2. The fourth-order valence-electron chi connectivity index (χ4n) is 3.61. The molecule has 0 atom stereocenters. The summed E-state index contributed by atoms with van der Waals surface area (Å²) >= 11 is 0. The van der Waals surface area contributed by atoms with Crippen LogP contribution in [0.25, 0.3) is 11.1 Å². The highest BCUT2D eigenvalue weighted by atomic mass is 32.2. The van der Waals surface area contributed by atoms with Crippen molar-refractivity contribution in [1.82, 2.24) is 10.3 Å². The molecule has 1 saturated heterocycles. The molecule has 9 heteroatoms. The predicted octanol–water partition coefficient (Wildman–Crippen LogP) is 3.11. The second-order valence-corrected chi connectivity index (χ2v) is 8.76. The Morgan fingerprint density at radius 1 is 1.13 bits per heavy atom. The van der Waals surface area contributed by atoms with E-state index in [1.54, 1.807) is 37.6 Å². The second-order valence-electron chi connectivity index (χ2n) is 7.08. The first-order valence-corrected chi connectivity index (χ1v) is 11.3. The molecular formula is C22H23FN4O3S. The molecule has 0 unspecified atom stereocenters. The summed E-state index contributed by atoms with van der Waals surface area (Å²) in [6, 6.07) is 12.3. The van der Waals surface area contributed by atoms with Crippen molar-refractivity contribution in [1.29, 1.82) is 0 Å². The summed E-state index contributed by atoms with van der Waals surface area (Å²) in [4.78, 5) is 6.17. The molecule has 1 aromatic heterocycles. The number of pyridine rings is 1. The lowest BCUT2D eigenvalue weighted by Crippen LogP contribution is -2.43. The summed E-state index contributed by atoms with van der Waals surface area (Å²) in [5, 5.41) is 3.27. The van der Waals surface area contributed by atoms with Gasteiger partial charge in [-0.3, -0.25) is 9.71 Å². The first kappa shape index (κ1) is 21.1. The number of nitrogens with zero attached hydrogens (tertiary/aromatic N) is 2. The van der Waals surface area contributed by atoms with Gasteiger partial charge in [-0.2, -0.15) is 0 Å². The highest BCUT2D eigenvalue weighted by molar-refractivity contribution is 7.92. The fourth-order valence-corrected chi connectivity index (χ4v) is 4.70. The van der Waals surface area contributed by atoms with Gasteiger partial charge in [0.25, 0.3) is 10.0 Å². The molecule has 2 heterocycles. The standard InChI is InChI=1S/C22H23FN4O3S/c1-30-21-8-7-17(14-20(21)27-12-10-24-11-13-27)31(28,29)26-19-6-2-5-18(23)22(19)16-4-3-9-25-15-16/h2-9,14-15,24,26H,10-13H2,1H3. The number of rotatable bonds is 6. The van der Waals surface area contributed by atoms with Crippen molar-refractivity contribution in [3.8, 4) is 16.9 Å². The van der Waals surface area contributed by atoms with Crippen molar-refractivity contribution in [3.63, 3.8) is 0 Å². The van der Waals surface area contributed by atoms with Gasteiger partial charge in [-0.15, -0.1) is 0 Å². The van der Waals surface area contributed by atoms with Gasteiger partial charge in [-0.1, -0.05) is 12.1 Å². The zero-order valence-corrected chi connectivity index (χ0v) is 17.8. The summed E-state index contributed by atoms with van der Waals surface area (Å²) < 4.78 is 49.0. The van der Waals surface area contributed by atoms with Gasteiger partial charge in [0.15, 0.2) is 0 Å². The predicted molar refractivity (Wildman–Crippen MR) is 119 cm³/mol. The normalized spacial score (nSPS) is 14.3. The van der Waals surface area contributed by atoms with Crippen LogP contribution in [0.15, 0.2) is 65.8 Å². The van der Waals surface area contributed by atoms with Gasteiger partial charge < -0.3 is 15.0 Å². The first-order valence-electron chi connectivity index (χ1n) is 9.85. The fraction of sp³-hybridized carbons (Fsp3) is 0.227. The topological polar surface area (TPSA) is 83.6 Å². The van der Waals surface area contributed by atoms with E-state index in [-0.39, 0.29) is 16.1 Å². The number of hydrogen-bond acceptors (Lipinski definition) is 6. The number of hydrogen-bond donors (Lipinski definition) is 2. The lowest BCUT2D eigenvalue weighted by atomic mass is 10.1. The van der Waals surface area contributed by atoms with E-state index in [1.165, 1.54) is 30.5 Å². The van der Waals surface area contributed by atoms with Crippen LogP contribution in [0.1, 0.15) is 0 Å². The van der Waals surface area contributed by atoms with Crippen LogP contribution in [0.4, 0.5) is 15.8 Å². The molecule has 0 radical (unpaired) electrons. The number of halogens is 1. The molecule has 4 rings (SSSR count). The number of benzene rings is 2. The van der Waals surface area contributed by atoms with Gasteiger partial charge in [0.05, 0.1) is 23.4 Å². The Kier molecular flexibility index (Phi) is 6.06. The number of methoxy groups -OCH3 is 1. The molecule has 1 aliphatic heterocycles. The van der Waals surface area contributed by atoms with Gasteiger partial charge >= 0.3 is 0 Å². The Morgan fingerprint density at radius 2 is 1.94 bits per heavy atom. The molecule has 2 N–H and O–H groups in total. The molecule has 0 amide bonds. The van der Waals surface area contributed by atoms with Crippen LogP contribution in [-0.4, -0.2) is 46.7 Å². The van der Waals surface area contributed by atoms with Crippen LogP contribution in [0, 0.1) is 5.82 Å². The lowest BCUT2D eigenvalue weighted by molar-refractivity contribution is 0.412. The minimum atomic E-state index is -3.98. The van der Waals surface area contributed by atoms with Crippen molar-refractivity contribution in [2.75, 3.05) is 42.9 Å². The first-order chi connectivity index (χ1) is 15.0. The van der Waals surface area contributed by atoms with E-state index >= 15 is 0 Å². The van der Waals surface area contributed by atoms with Gasteiger partial charge in [0, 0.05) is 49.7 Å². The Hall–Kier alpha value is -3.17. The summed E-state index contributed by atoms with van der Waals surface area (Å²) in [5.74, 6) is 0.0621. The molecule has 0 aliphatic carbocycles. The molecule has 1 fully saturated rings. The van der Waals surface area contributed by atoms with E-state index in [0.29, 0.717) is 17.0 Å². The maximum Gasteiger partial charge on any atom is 0.261 e. The van der Waals surface area contributed by atoms with E-state index in [4.69, 9.17) is 4.74 Å². The number of aromatic nitrogens is 1. The van der Waals surface area contributed by atoms with E-state index in [1.807, 2.05) is 0 Å². The molecule has 0 saturated carbocycles. The zero-order valence-electron chi connectivity index (χ0n) is 17.0. The molecule has 7 nitrogen and oxygen atoms in total. The van der Waals surface area contributed by atoms with E-state index in [2.05, 4.69) is 19.9 Å². The third-order valence-corrected chi connectivity index (χ3v) is 6.49. The van der Waals surface area contributed by atoms with Crippen LogP contribution < -0.4 is 19.7 Å². The maximum absolute atomic E-state index is 14.6. The van der Waals surface area contributed by atoms with Gasteiger partial charge in [-0.25, -0.2) is 12.8 Å². The molecule has 31 heavy (non-hydrogen) atoms. The summed E-state index contributed by atoms with van der Waals surface area (Å²) in [6.07, 6.45) is 3.06. The van der Waals surface area contributed by atoms with Gasteiger partial charge in [0.1, 0.15) is 11.6 Å². The third-order valence-electron chi connectivity index (χ3n) is 5.13. The molecule has 3 aromatic rings. The summed E-state index contributed by atoms with van der Waals surface area (Å²) in [6.45, 7) is 3.08. The van der Waals surface area contributed by atoms with Crippen molar-refractivity contribution < 1.29 is 17.5 Å². The third kappa shape index (κ3) is 4.47. The zero-order chi connectivity index (χ0) is 21.8. The van der Waals surface area contributed by atoms with E-state index in [0.717, 1.165) is 26.2 Å². The van der Waals surface area contributed by atoms with Crippen LogP contribution in [-0.2, 0) is 10.0 Å². The highest BCUT2D eigenvalue weighted by Crippen LogP contribution is 2.34. The molecule has 162 valence electrons. The molecule has 1 aliphatic rings. The quantitative estimate of drug-likeness (QED) is 0.610. The molecule has 0 bridgehead atoms. The Bertz CT molecular complexity index is 1170. The maximum atomic E-state index is 14.6. The van der Waals surface area contributed by atoms with Crippen LogP contribution in [0.3, 0.4) is 0 Å². The molecular weight excluding hydrogens is 419 g/mol. The SMILES string of the molecule is COc1ccc(S(=O)(=O)Nc2cccc(F)c2-c2cccnc2)cc1N1CCNCC1. The largest absolute Gasteiger partial charge is 0.495 e. The summed E-state index contributed by atoms with van der Waals surface area (Å²) in [5.41, 5.74) is 1.48. The van der Waals surface area contributed by atoms with Gasteiger partial charge in [-0.05, 0) is 36.4 Å². The summed E-state index contributed by atoms with van der Waals surface area (Å²) in [7, 11) is -2.43. The molecule has 0 spiro atoms. The molecule has 2 aromatic carbocycles. The number of piperazine rings is 1. The van der Waals surface area contributed by atoms with E-state index < -0.39 is 15.8 Å². The van der Waals surface area contributed by atoms with Crippen LogP contribution >= 0.6 is 0 Å². The highest BCUT2D eigenvalue weighted by Gasteiger charge is 2.22. The number of ether oxygens (including phenoxy) is 1. The average molecular weight is 443 g/mol. The van der Waals surface area contributed by atoms with Crippen LogP contribution in [0.2, 0.25) is 0 Å². The van der Waals surface area contributed by atoms with Crippen molar-refractivity contribution in [3.05, 3.63) is 66.7 Å². The van der Waals surface area contributed by atoms with Crippen molar-refractivity contribution >= 4 is 21.4 Å². The number of sulfonamides is 1. The van der Waals surface area contributed by atoms with E-state index in [9.17, 15) is 12.8 Å². The number of anilines is 2. The van der Waals surface area contributed by atoms with Crippen LogP contribution in [0.5, 0.6) is 5.75 Å². The lowest BCUT2D eigenvalue weighted by Gasteiger charge is -2.30. The minimum Gasteiger partial charge on any atom is -0.495 e. The Morgan fingerprint density at radius 3 is 2.65 bits per heavy atom.